The third-order valence-electron chi connectivity index (χ3n) is 2.32. The summed E-state index contributed by atoms with van der Waals surface area (Å²) in [5.74, 6) is -0.136. The van der Waals surface area contributed by atoms with E-state index in [4.69, 9.17) is 0 Å². The Morgan fingerprint density at radius 1 is 1.07 bits per heavy atom. The van der Waals surface area contributed by atoms with Gasteiger partial charge >= 0.3 is 0 Å². The summed E-state index contributed by atoms with van der Waals surface area (Å²) in [7, 11) is 0. The van der Waals surface area contributed by atoms with Gasteiger partial charge < -0.3 is 0 Å². The largest absolute Gasteiger partial charge is 0.273 e. The number of nitrogens with zero attached hydrogens (tertiary/aromatic N) is 2. The molecular formula is C11H22N2O2. The second-order valence-electron chi connectivity index (χ2n) is 3.76. The summed E-state index contributed by atoms with van der Waals surface area (Å²) in [5, 5.41) is 3.77. The number of rotatable bonds is 9. The van der Waals surface area contributed by atoms with Gasteiger partial charge in [0.1, 0.15) is 0 Å². The normalized spacial score (nSPS) is 10.0. The Kier molecular flexibility index (Phi) is 9.02. The zero-order valence-electron chi connectivity index (χ0n) is 9.87. The Labute approximate surface area is 92.0 Å². The van der Waals surface area contributed by atoms with E-state index in [-0.39, 0.29) is 5.91 Å². The average Bonchev–Trinajstić information content (AvgIpc) is 2.25. The third kappa shape index (κ3) is 7.05. The SMILES string of the molecule is CCCCCCCC(=O)N(CCC)N=O. The maximum atomic E-state index is 11.4. The van der Waals surface area contributed by atoms with Crippen LogP contribution in [-0.2, 0) is 4.79 Å². The van der Waals surface area contributed by atoms with Crippen molar-refractivity contribution in [2.24, 2.45) is 5.29 Å². The lowest BCUT2D eigenvalue weighted by atomic mass is 10.1. The minimum atomic E-state index is -0.136. The molecule has 0 unspecified atom stereocenters. The lowest BCUT2D eigenvalue weighted by Crippen LogP contribution is -2.25. The predicted molar refractivity (Wildman–Crippen MR) is 61.2 cm³/mol. The first-order valence-electron chi connectivity index (χ1n) is 5.89. The molecule has 0 bridgehead atoms. The Balaban J connectivity index is 3.57. The molecule has 0 heterocycles. The van der Waals surface area contributed by atoms with E-state index in [1.807, 2.05) is 6.92 Å². The molecule has 1 amide bonds. The predicted octanol–water partition coefficient (Wildman–Crippen LogP) is 3.27. The maximum Gasteiger partial charge on any atom is 0.245 e. The van der Waals surface area contributed by atoms with Crippen LogP contribution in [0.2, 0.25) is 0 Å². The Morgan fingerprint density at radius 2 is 1.73 bits per heavy atom. The van der Waals surface area contributed by atoms with E-state index in [2.05, 4.69) is 12.2 Å². The van der Waals surface area contributed by atoms with Crippen LogP contribution in [0.5, 0.6) is 0 Å². The lowest BCUT2D eigenvalue weighted by molar-refractivity contribution is -0.131. The van der Waals surface area contributed by atoms with Gasteiger partial charge in [0, 0.05) is 13.0 Å². The minimum Gasteiger partial charge on any atom is -0.273 e. The summed E-state index contributed by atoms with van der Waals surface area (Å²) in [6, 6.07) is 0. The third-order valence-corrected chi connectivity index (χ3v) is 2.32. The quantitative estimate of drug-likeness (QED) is 0.336. The van der Waals surface area contributed by atoms with Gasteiger partial charge in [0.05, 0.1) is 5.29 Å². The summed E-state index contributed by atoms with van der Waals surface area (Å²) in [6.07, 6.45) is 6.76. The van der Waals surface area contributed by atoms with Crippen molar-refractivity contribution >= 4 is 5.91 Å². The van der Waals surface area contributed by atoms with Crippen LogP contribution in [0.25, 0.3) is 0 Å². The van der Waals surface area contributed by atoms with E-state index in [9.17, 15) is 9.70 Å². The summed E-state index contributed by atoms with van der Waals surface area (Å²) < 4.78 is 0. The molecule has 88 valence electrons. The van der Waals surface area contributed by atoms with Gasteiger partial charge in [-0.1, -0.05) is 39.5 Å². The number of nitroso groups, excluding NO2 is 1. The highest BCUT2D eigenvalue weighted by Crippen LogP contribution is 2.07. The first kappa shape index (κ1) is 14.1. The van der Waals surface area contributed by atoms with Gasteiger partial charge in [-0.15, -0.1) is 4.91 Å². The van der Waals surface area contributed by atoms with E-state index in [1.54, 1.807) is 0 Å². The number of amides is 1. The molecule has 4 nitrogen and oxygen atoms in total. The van der Waals surface area contributed by atoms with Crippen LogP contribution in [0.15, 0.2) is 5.29 Å². The number of hydrogen-bond acceptors (Lipinski definition) is 3. The van der Waals surface area contributed by atoms with Crippen LogP contribution in [0.3, 0.4) is 0 Å². The Morgan fingerprint density at radius 3 is 2.27 bits per heavy atom. The van der Waals surface area contributed by atoms with Crippen LogP contribution in [0.1, 0.15) is 58.8 Å². The van der Waals surface area contributed by atoms with Crippen molar-refractivity contribution in [1.82, 2.24) is 5.01 Å². The van der Waals surface area contributed by atoms with E-state index in [0.717, 1.165) is 24.3 Å². The Hall–Kier alpha value is -0.930. The molecule has 0 aliphatic heterocycles. The van der Waals surface area contributed by atoms with Gasteiger partial charge in [-0.2, -0.15) is 5.01 Å². The second-order valence-corrected chi connectivity index (χ2v) is 3.76. The van der Waals surface area contributed by atoms with Crippen LogP contribution < -0.4 is 0 Å². The molecule has 0 saturated heterocycles. The fourth-order valence-corrected chi connectivity index (χ4v) is 1.43. The number of hydrogen-bond donors (Lipinski definition) is 0. The highest BCUT2D eigenvalue weighted by atomic mass is 16.3. The van der Waals surface area contributed by atoms with Gasteiger partial charge in [-0.3, -0.25) is 4.79 Å². The lowest BCUT2D eigenvalue weighted by Gasteiger charge is -2.11. The van der Waals surface area contributed by atoms with Crippen LogP contribution in [0.4, 0.5) is 0 Å². The average molecular weight is 214 g/mol. The van der Waals surface area contributed by atoms with Crippen LogP contribution in [0, 0.1) is 4.91 Å². The van der Waals surface area contributed by atoms with Gasteiger partial charge in [0.15, 0.2) is 0 Å². The summed E-state index contributed by atoms with van der Waals surface area (Å²) in [6.45, 7) is 4.52. The molecule has 0 spiro atoms. The van der Waals surface area contributed by atoms with Gasteiger partial charge in [0.25, 0.3) is 0 Å². The number of unbranched alkanes of at least 4 members (excludes halogenated alkanes) is 4. The zero-order chi connectivity index (χ0) is 11.5. The van der Waals surface area contributed by atoms with Crippen molar-refractivity contribution in [1.29, 1.82) is 0 Å². The van der Waals surface area contributed by atoms with E-state index in [0.29, 0.717) is 13.0 Å². The van der Waals surface area contributed by atoms with Crippen molar-refractivity contribution in [3.63, 3.8) is 0 Å². The topological polar surface area (TPSA) is 49.7 Å². The van der Waals surface area contributed by atoms with E-state index >= 15 is 0 Å². The van der Waals surface area contributed by atoms with E-state index < -0.39 is 0 Å². The van der Waals surface area contributed by atoms with Crippen molar-refractivity contribution in [2.75, 3.05) is 6.54 Å². The molecular weight excluding hydrogens is 192 g/mol. The zero-order valence-corrected chi connectivity index (χ0v) is 9.87. The molecule has 0 fully saturated rings. The molecule has 0 aromatic rings. The van der Waals surface area contributed by atoms with Crippen molar-refractivity contribution in [3.05, 3.63) is 4.91 Å². The first-order chi connectivity index (χ1) is 7.26. The minimum absolute atomic E-state index is 0.136. The molecule has 0 aliphatic carbocycles. The standard InChI is InChI=1S/C11H22N2O2/c1-3-5-6-7-8-9-11(14)13(12-15)10-4-2/h3-10H2,1-2H3. The monoisotopic (exact) mass is 214 g/mol. The van der Waals surface area contributed by atoms with Gasteiger partial charge in [-0.05, 0) is 12.8 Å². The van der Waals surface area contributed by atoms with E-state index in [1.165, 1.54) is 19.3 Å². The van der Waals surface area contributed by atoms with Crippen LogP contribution in [-0.4, -0.2) is 17.5 Å². The molecule has 15 heavy (non-hydrogen) atoms. The van der Waals surface area contributed by atoms with Crippen molar-refractivity contribution < 1.29 is 4.79 Å². The van der Waals surface area contributed by atoms with Crippen molar-refractivity contribution in [3.8, 4) is 0 Å². The molecule has 0 aliphatic rings. The van der Waals surface area contributed by atoms with Crippen LogP contribution >= 0.6 is 0 Å². The summed E-state index contributed by atoms with van der Waals surface area (Å²) in [5.41, 5.74) is 0. The molecule has 0 aromatic carbocycles. The summed E-state index contributed by atoms with van der Waals surface area (Å²) >= 11 is 0. The number of carbonyl (C=O) groups excluding carboxylic acids is 1. The highest BCUT2D eigenvalue weighted by molar-refractivity contribution is 5.75. The second kappa shape index (κ2) is 9.62. The molecule has 0 aromatic heterocycles. The molecule has 0 rings (SSSR count). The van der Waals surface area contributed by atoms with Gasteiger partial charge in [0.2, 0.25) is 5.91 Å². The van der Waals surface area contributed by atoms with Crippen molar-refractivity contribution in [2.45, 2.75) is 58.8 Å². The maximum absolute atomic E-state index is 11.4. The molecule has 0 N–H and O–H groups in total. The van der Waals surface area contributed by atoms with Gasteiger partial charge in [-0.25, -0.2) is 0 Å². The molecule has 4 heteroatoms. The smallest absolute Gasteiger partial charge is 0.245 e. The number of carbonyl (C=O) groups is 1. The highest BCUT2D eigenvalue weighted by Gasteiger charge is 2.11. The molecule has 0 radical (unpaired) electrons. The fraction of sp³-hybridized carbons (Fsp3) is 0.909. The molecule has 0 saturated carbocycles. The Bertz CT molecular complexity index is 183. The molecule has 0 atom stereocenters. The summed E-state index contributed by atoms with van der Waals surface area (Å²) in [4.78, 5) is 21.8. The fourth-order valence-electron chi connectivity index (χ4n) is 1.43. The first-order valence-corrected chi connectivity index (χ1v) is 5.89.